The van der Waals surface area contributed by atoms with Crippen molar-refractivity contribution in [2.75, 3.05) is 0 Å². The Kier molecular flexibility index (Phi) is 2.91. The van der Waals surface area contributed by atoms with E-state index >= 15 is 0 Å². The second-order valence-electron chi connectivity index (χ2n) is 5.25. The molecule has 104 valence electrons. The van der Waals surface area contributed by atoms with Gasteiger partial charge < -0.3 is 4.57 Å². The Bertz CT molecular complexity index is 1030. The summed E-state index contributed by atoms with van der Waals surface area (Å²) in [5.41, 5.74) is 4.19. The highest BCUT2D eigenvalue weighted by Crippen LogP contribution is 2.28. The number of hydrogen-bond acceptors (Lipinski definition) is 1. The fraction of sp³-hybridized carbons (Fsp3) is 0.0500. The Hall–Kier alpha value is -3.05. The fourth-order valence-electron chi connectivity index (χ4n) is 2.83. The van der Waals surface area contributed by atoms with Crippen LogP contribution >= 0.6 is 0 Å². The van der Waals surface area contributed by atoms with Crippen LogP contribution in [0.25, 0.3) is 21.9 Å². The maximum atomic E-state index is 4.53. The summed E-state index contributed by atoms with van der Waals surface area (Å²) in [6.45, 7) is 0. The van der Waals surface area contributed by atoms with Gasteiger partial charge in [-0.05, 0) is 24.3 Å². The van der Waals surface area contributed by atoms with E-state index in [1.54, 1.807) is 0 Å². The largest absolute Gasteiger partial charge is 0.328 e. The number of hydrogen-bond donors (Lipinski definition) is 0. The average molecular weight is 282 g/mol. The minimum atomic E-state index is 0.973. The van der Waals surface area contributed by atoms with Crippen LogP contribution in [0, 0.1) is 11.8 Å². The summed E-state index contributed by atoms with van der Waals surface area (Å²) < 4.78 is 2.12. The molecule has 0 saturated heterocycles. The third-order valence-corrected chi connectivity index (χ3v) is 3.90. The van der Waals surface area contributed by atoms with Crippen molar-refractivity contribution in [3.8, 4) is 11.8 Å². The van der Waals surface area contributed by atoms with E-state index in [1.807, 2.05) is 49.6 Å². The predicted molar refractivity (Wildman–Crippen MR) is 90.6 cm³/mol. The SMILES string of the molecule is Cn1c2ccccc2c2c(C#Cc3ccccc3)ccnc21. The van der Waals surface area contributed by atoms with Crippen molar-refractivity contribution in [2.45, 2.75) is 0 Å². The summed E-state index contributed by atoms with van der Waals surface area (Å²) >= 11 is 0. The lowest BCUT2D eigenvalue weighted by Gasteiger charge is -1.97. The van der Waals surface area contributed by atoms with E-state index < -0.39 is 0 Å². The van der Waals surface area contributed by atoms with Gasteiger partial charge in [0.15, 0.2) is 0 Å². The van der Waals surface area contributed by atoms with Gasteiger partial charge in [-0.25, -0.2) is 4.98 Å². The predicted octanol–water partition coefficient (Wildman–Crippen LogP) is 4.13. The maximum absolute atomic E-state index is 4.53. The molecule has 2 aromatic heterocycles. The average Bonchev–Trinajstić information content (AvgIpc) is 2.88. The van der Waals surface area contributed by atoms with Crippen molar-refractivity contribution in [3.05, 3.63) is 78.0 Å². The molecule has 0 N–H and O–H groups in total. The number of aryl methyl sites for hydroxylation is 1. The number of benzene rings is 2. The van der Waals surface area contributed by atoms with Crippen LogP contribution in [-0.2, 0) is 7.05 Å². The van der Waals surface area contributed by atoms with Gasteiger partial charge in [-0.2, -0.15) is 0 Å². The van der Waals surface area contributed by atoms with Gasteiger partial charge >= 0.3 is 0 Å². The first-order valence-electron chi connectivity index (χ1n) is 7.24. The third-order valence-electron chi connectivity index (χ3n) is 3.90. The molecule has 22 heavy (non-hydrogen) atoms. The number of nitrogens with zero attached hydrogens (tertiary/aromatic N) is 2. The van der Waals surface area contributed by atoms with E-state index in [0.717, 1.165) is 22.2 Å². The monoisotopic (exact) mass is 282 g/mol. The smallest absolute Gasteiger partial charge is 0.141 e. The Morgan fingerprint density at radius 1 is 0.864 bits per heavy atom. The number of aromatic nitrogens is 2. The van der Waals surface area contributed by atoms with Gasteiger partial charge in [-0.3, -0.25) is 0 Å². The molecule has 0 atom stereocenters. The quantitative estimate of drug-likeness (QED) is 0.443. The van der Waals surface area contributed by atoms with Crippen LogP contribution < -0.4 is 0 Å². The van der Waals surface area contributed by atoms with E-state index in [1.165, 1.54) is 10.9 Å². The molecule has 2 aromatic carbocycles. The Morgan fingerprint density at radius 2 is 1.64 bits per heavy atom. The summed E-state index contributed by atoms with van der Waals surface area (Å²) in [6.07, 6.45) is 1.83. The summed E-state index contributed by atoms with van der Waals surface area (Å²) in [5.74, 6) is 6.55. The maximum Gasteiger partial charge on any atom is 0.141 e. The van der Waals surface area contributed by atoms with E-state index in [-0.39, 0.29) is 0 Å². The van der Waals surface area contributed by atoms with Crippen molar-refractivity contribution in [1.29, 1.82) is 0 Å². The highest BCUT2D eigenvalue weighted by Gasteiger charge is 2.11. The Morgan fingerprint density at radius 3 is 2.50 bits per heavy atom. The first-order valence-corrected chi connectivity index (χ1v) is 7.24. The normalized spacial score (nSPS) is 10.6. The molecule has 0 spiro atoms. The van der Waals surface area contributed by atoms with E-state index in [9.17, 15) is 0 Å². The molecule has 2 nitrogen and oxygen atoms in total. The van der Waals surface area contributed by atoms with Crippen LogP contribution in [0.5, 0.6) is 0 Å². The van der Waals surface area contributed by atoms with Gasteiger partial charge in [0.1, 0.15) is 5.65 Å². The highest BCUT2D eigenvalue weighted by molar-refractivity contribution is 6.09. The molecule has 2 heteroatoms. The van der Waals surface area contributed by atoms with Crippen molar-refractivity contribution in [2.24, 2.45) is 7.05 Å². The van der Waals surface area contributed by atoms with Gasteiger partial charge in [0.05, 0.1) is 5.52 Å². The molecule has 2 heterocycles. The van der Waals surface area contributed by atoms with Crippen LogP contribution in [0.1, 0.15) is 11.1 Å². The minimum Gasteiger partial charge on any atom is -0.328 e. The lowest BCUT2D eigenvalue weighted by molar-refractivity contribution is 0.989. The molecule has 0 aliphatic carbocycles. The standard InChI is InChI=1S/C20H14N2/c1-22-18-10-6-5-9-17(18)19-16(13-14-21-20(19)22)12-11-15-7-3-2-4-8-15/h2-10,13-14H,1H3. The molecule has 0 fully saturated rings. The van der Waals surface area contributed by atoms with Crippen LogP contribution in [0.4, 0.5) is 0 Å². The van der Waals surface area contributed by atoms with E-state index in [4.69, 9.17) is 0 Å². The first kappa shape index (κ1) is 12.7. The van der Waals surface area contributed by atoms with Crippen LogP contribution in [0.3, 0.4) is 0 Å². The number of rotatable bonds is 0. The molecule has 0 bridgehead atoms. The van der Waals surface area contributed by atoms with Gasteiger partial charge in [-0.15, -0.1) is 0 Å². The zero-order valence-corrected chi connectivity index (χ0v) is 12.2. The molecular weight excluding hydrogens is 268 g/mol. The summed E-state index contributed by atoms with van der Waals surface area (Å²) in [4.78, 5) is 4.53. The zero-order chi connectivity index (χ0) is 14.9. The van der Waals surface area contributed by atoms with Gasteiger partial charge in [0.2, 0.25) is 0 Å². The van der Waals surface area contributed by atoms with E-state index in [2.05, 4.69) is 45.7 Å². The third kappa shape index (κ3) is 1.96. The zero-order valence-electron chi connectivity index (χ0n) is 12.2. The topological polar surface area (TPSA) is 17.8 Å². The molecule has 4 rings (SSSR count). The summed E-state index contributed by atoms with van der Waals surface area (Å²) in [5, 5.41) is 2.33. The van der Waals surface area contributed by atoms with E-state index in [0.29, 0.717) is 0 Å². The van der Waals surface area contributed by atoms with Gasteiger partial charge in [0.25, 0.3) is 0 Å². The lowest BCUT2D eigenvalue weighted by Crippen LogP contribution is -1.89. The second kappa shape index (κ2) is 5.05. The van der Waals surface area contributed by atoms with Crippen molar-refractivity contribution >= 4 is 21.9 Å². The van der Waals surface area contributed by atoms with Crippen LogP contribution in [0.2, 0.25) is 0 Å². The number of para-hydroxylation sites is 1. The Balaban J connectivity index is 2.00. The molecule has 0 aliphatic rings. The summed E-state index contributed by atoms with van der Waals surface area (Å²) in [7, 11) is 2.05. The minimum absolute atomic E-state index is 0.973. The molecule has 4 aromatic rings. The van der Waals surface area contributed by atoms with Gasteiger partial charge in [0, 0.05) is 35.1 Å². The molecule has 0 aliphatic heterocycles. The van der Waals surface area contributed by atoms with Crippen molar-refractivity contribution in [1.82, 2.24) is 9.55 Å². The van der Waals surface area contributed by atoms with Crippen molar-refractivity contribution < 1.29 is 0 Å². The van der Waals surface area contributed by atoms with Crippen LogP contribution in [0.15, 0.2) is 66.9 Å². The number of fused-ring (bicyclic) bond motifs is 3. The molecular formula is C20H14N2. The molecule has 0 unspecified atom stereocenters. The summed E-state index contributed by atoms with van der Waals surface area (Å²) in [6, 6.07) is 20.4. The number of pyridine rings is 1. The van der Waals surface area contributed by atoms with Crippen LogP contribution in [-0.4, -0.2) is 9.55 Å². The molecule has 0 saturated carbocycles. The molecule has 0 radical (unpaired) electrons. The highest BCUT2D eigenvalue weighted by atomic mass is 15.0. The Labute approximate surface area is 129 Å². The lowest BCUT2D eigenvalue weighted by atomic mass is 10.1. The first-order chi connectivity index (χ1) is 10.8. The van der Waals surface area contributed by atoms with Crippen molar-refractivity contribution in [3.63, 3.8) is 0 Å². The fourth-order valence-corrected chi connectivity index (χ4v) is 2.83. The van der Waals surface area contributed by atoms with Gasteiger partial charge in [-0.1, -0.05) is 48.2 Å². The second-order valence-corrected chi connectivity index (χ2v) is 5.25. The molecule has 0 amide bonds.